The molecule has 35 heavy (non-hydrogen) atoms. The van der Waals surface area contributed by atoms with E-state index >= 15 is 0 Å². The Hall–Kier alpha value is -3.49. The minimum absolute atomic E-state index is 0.0233. The van der Waals surface area contributed by atoms with E-state index < -0.39 is 42.3 Å². The van der Waals surface area contributed by atoms with Gasteiger partial charge in [0.2, 0.25) is 5.91 Å². The molecule has 0 bridgehead atoms. The van der Waals surface area contributed by atoms with E-state index in [1.54, 1.807) is 0 Å². The zero-order valence-electron chi connectivity index (χ0n) is 18.9. The molecule has 0 spiro atoms. The smallest absolute Gasteiger partial charge is 0.407 e. The van der Waals surface area contributed by atoms with Gasteiger partial charge in [-0.25, -0.2) is 13.6 Å². The van der Waals surface area contributed by atoms with Crippen molar-refractivity contribution in [2.45, 2.75) is 50.1 Å². The lowest BCUT2D eigenvalue weighted by molar-refractivity contribution is -0.143. The Morgan fingerprint density at radius 2 is 1.66 bits per heavy atom. The van der Waals surface area contributed by atoms with Crippen molar-refractivity contribution in [2.75, 3.05) is 6.61 Å². The summed E-state index contributed by atoms with van der Waals surface area (Å²) in [5, 5.41) is 14.1. The number of rotatable bonds is 8. The SMILES string of the molecule is O=C(CC(NC(=O)OCC1c2ccccc2-c2ccccc21)C(F)F)NC1CC2CC2(C(=O)O)C1. The minimum Gasteiger partial charge on any atom is -0.481 e. The second-order valence-electron chi connectivity index (χ2n) is 9.68. The van der Waals surface area contributed by atoms with Crippen LogP contribution in [0.5, 0.6) is 0 Å². The number of alkyl carbamates (subject to hydrolysis) is 1. The lowest BCUT2D eigenvalue weighted by atomic mass is 9.98. The Morgan fingerprint density at radius 3 is 2.23 bits per heavy atom. The molecule has 4 unspecified atom stereocenters. The number of amides is 2. The van der Waals surface area contributed by atoms with Gasteiger partial charge in [0.1, 0.15) is 12.6 Å². The summed E-state index contributed by atoms with van der Waals surface area (Å²) in [7, 11) is 0. The molecule has 0 aromatic heterocycles. The highest BCUT2D eigenvalue weighted by Crippen LogP contribution is 2.63. The lowest BCUT2D eigenvalue weighted by Crippen LogP contribution is -2.45. The number of fused-ring (bicyclic) bond motifs is 4. The highest BCUT2D eigenvalue weighted by atomic mass is 19.3. The Bertz CT molecular complexity index is 1130. The van der Waals surface area contributed by atoms with Gasteiger partial charge in [-0.15, -0.1) is 0 Å². The summed E-state index contributed by atoms with van der Waals surface area (Å²) in [5.41, 5.74) is 3.32. The Morgan fingerprint density at radius 1 is 1.03 bits per heavy atom. The molecule has 0 saturated heterocycles. The van der Waals surface area contributed by atoms with Gasteiger partial charge in [0.25, 0.3) is 6.43 Å². The molecule has 3 aliphatic carbocycles. The summed E-state index contributed by atoms with van der Waals surface area (Å²) in [6.07, 6.45) is -3.18. The van der Waals surface area contributed by atoms with Gasteiger partial charge in [-0.05, 0) is 47.4 Å². The summed E-state index contributed by atoms with van der Waals surface area (Å²) in [6, 6.07) is 13.5. The monoisotopic (exact) mass is 484 g/mol. The molecule has 2 aromatic rings. The summed E-state index contributed by atoms with van der Waals surface area (Å²) >= 11 is 0. The third-order valence-corrected chi connectivity index (χ3v) is 7.56. The average Bonchev–Trinajstić information content (AvgIpc) is 3.26. The first-order valence-electron chi connectivity index (χ1n) is 11.7. The molecule has 3 N–H and O–H groups in total. The van der Waals surface area contributed by atoms with E-state index in [1.165, 1.54) is 0 Å². The summed E-state index contributed by atoms with van der Waals surface area (Å²) in [5.74, 6) is -1.71. The van der Waals surface area contributed by atoms with Gasteiger partial charge in [-0.3, -0.25) is 9.59 Å². The molecule has 2 amide bonds. The standard InChI is InChI=1S/C26H26F2N2O5/c27-23(28)21(10-22(31)29-15-9-14-11-26(14,12-15)24(32)33)30-25(34)35-13-20-18-7-3-1-5-16(18)17-6-2-4-8-19(17)20/h1-8,14-15,20-21,23H,9-13H2,(H,29,31)(H,30,34)(H,32,33). The Kier molecular flexibility index (Phi) is 5.94. The quantitative estimate of drug-likeness (QED) is 0.527. The molecule has 3 aliphatic rings. The fraction of sp³-hybridized carbons (Fsp3) is 0.423. The lowest BCUT2D eigenvalue weighted by Gasteiger charge is -2.21. The number of carbonyl (C=O) groups is 3. The number of hydrogen-bond acceptors (Lipinski definition) is 4. The fourth-order valence-electron chi connectivity index (χ4n) is 5.75. The molecule has 0 heterocycles. The highest BCUT2D eigenvalue weighted by Gasteiger charge is 2.65. The van der Waals surface area contributed by atoms with Crippen LogP contribution < -0.4 is 10.6 Å². The van der Waals surface area contributed by atoms with Gasteiger partial charge in [-0.2, -0.15) is 0 Å². The predicted molar refractivity (Wildman–Crippen MR) is 122 cm³/mol. The van der Waals surface area contributed by atoms with E-state index in [9.17, 15) is 28.3 Å². The van der Waals surface area contributed by atoms with Gasteiger partial charge < -0.3 is 20.5 Å². The number of hydrogen-bond donors (Lipinski definition) is 3. The number of halogens is 2. The van der Waals surface area contributed by atoms with Gasteiger partial charge in [-0.1, -0.05) is 48.5 Å². The van der Waals surface area contributed by atoms with Crippen molar-refractivity contribution in [3.63, 3.8) is 0 Å². The molecule has 2 aromatic carbocycles. The molecule has 4 atom stereocenters. The van der Waals surface area contributed by atoms with Crippen molar-refractivity contribution in [1.82, 2.24) is 10.6 Å². The number of carboxylic acids is 1. The van der Waals surface area contributed by atoms with Crippen LogP contribution in [0, 0.1) is 11.3 Å². The highest BCUT2D eigenvalue weighted by molar-refractivity contribution is 5.81. The van der Waals surface area contributed by atoms with Gasteiger partial charge in [0, 0.05) is 12.0 Å². The number of ether oxygens (including phenoxy) is 1. The van der Waals surface area contributed by atoms with E-state index in [2.05, 4.69) is 10.6 Å². The van der Waals surface area contributed by atoms with Crippen molar-refractivity contribution < 1.29 is 33.0 Å². The fourth-order valence-corrected chi connectivity index (χ4v) is 5.75. The molecular weight excluding hydrogens is 458 g/mol. The largest absolute Gasteiger partial charge is 0.481 e. The van der Waals surface area contributed by atoms with Crippen LogP contribution in [0.15, 0.2) is 48.5 Å². The Labute approximate surface area is 200 Å². The van der Waals surface area contributed by atoms with Gasteiger partial charge in [0.05, 0.1) is 11.8 Å². The summed E-state index contributed by atoms with van der Waals surface area (Å²) in [6.45, 7) is -0.0251. The molecule has 2 saturated carbocycles. The molecular formula is C26H26F2N2O5. The first kappa shape index (κ1) is 23.3. The summed E-state index contributed by atoms with van der Waals surface area (Å²) in [4.78, 5) is 36.1. The molecule has 5 rings (SSSR count). The van der Waals surface area contributed by atoms with Crippen molar-refractivity contribution in [3.05, 3.63) is 59.7 Å². The Balaban J connectivity index is 1.15. The number of carbonyl (C=O) groups excluding carboxylic acids is 2. The zero-order valence-corrected chi connectivity index (χ0v) is 18.9. The third kappa shape index (κ3) is 4.35. The molecule has 7 nitrogen and oxygen atoms in total. The topological polar surface area (TPSA) is 105 Å². The van der Waals surface area contributed by atoms with E-state index in [1.807, 2.05) is 48.5 Å². The molecule has 2 fully saturated rings. The minimum atomic E-state index is -2.97. The number of carboxylic acid groups (broad SMARTS) is 1. The van der Waals surface area contributed by atoms with Crippen LogP contribution >= 0.6 is 0 Å². The van der Waals surface area contributed by atoms with Crippen LogP contribution in [0.25, 0.3) is 11.1 Å². The van der Waals surface area contributed by atoms with Crippen LogP contribution in [0.1, 0.15) is 42.7 Å². The number of nitrogens with one attached hydrogen (secondary N) is 2. The number of benzene rings is 2. The zero-order chi connectivity index (χ0) is 24.7. The summed E-state index contributed by atoms with van der Waals surface area (Å²) < 4.78 is 32.5. The van der Waals surface area contributed by atoms with Crippen LogP contribution in [-0.4, -0.2) is 48.2 Å². The van der Waals surface area contributed by atoms with Crippen LogP contribution in [0.3, 0.4) is 0 Å². The van der Waals surface area contributed by atoms with Gasteiger partial charge >= 0.3 is 12.1 Å². The van der Waals surface area contributed by atoms with Crippen molar-refractivity contribution in [3.8, 4) is 11.1 Å². The second kappa shape index (κ2) is 8.94. The van der Waals surface area contributed by atoms with E-state index in [0.717, 1.165) is 22.3 Å². The first-order chi connectivity index (χ1) is 16.8. The number of aliphatic carboxylic acids is 1. The van der Waals surface area contributed by atoms with Gasteiger partial charge in [0.15, 0.2) is 0 Å². The van der Waals surface area contributed by atoms with E-state index in [0.29, 0.717) is 19.3 Å². The van der Waals surface area contributed by atoms with Crippen LogP contribution in [-0.2, 0) is 14.3 Å². The predicted octanol–water partition coefficient (Wildman–Crippen LogP) is 3.92. The number of alkyl halides is 2. The van der Waals surface area contributed by atoms with E-state index in [4.69, 9.17) is 4.74 Å². The first-order valence-corrected chi connectivity index (χ1v) is 11.7. The maximum absolute atomic E-state index is 13.6. The van der Waals surface area contributed by atoms with Crippen molar-refractivity contribution >= 4 is 18.0 Å². The maximum Gasteiger partial charge on any atom is 0.407 e. The molecule has 184 valence electrons. The van der Waals surface area contributed by atoms with E-state index in [-0.39, 0.29) is 24.5 Å². The third-order valence-electron chi connectivity index (χ3n) is 7.56. The van der Waals surface area contributed by atoms with Crippen LogP contribution in [0.4, 0.5) is 13.6 Å². The van der Waals surface area contributed by atoms with Crippen molar-refractivity contribution in [1.29, 1.82) is 0 Å². The molecule has 9 heteroatoms. The maximum atomic E-state index is 13.6. The average molecular weight is 484 g/mol. The molecule has 0 radical (unpaired) electrons. The van der Waals surface area contributed by atoms with Crippen molar-refractivity contribution in [2.24, 2.45) is 11.3 Å². The normalized spacial score (nSPS) is 24.8. The molecule has 0 aliphatic heterocycles. The van der Waals surface area contributed by atoms with Crippen LogP contribution in [0.2, 0.25) is 0 Å². The second-order valence-corrected chi connectivity index (χ2v) is 9.68.